The van der Waals surface area contributed by atoms with Crippen molar-refractivity contribution in [1.82, 2.24) is 10.6 Å². The average Bonchev–Trinajstić information content (AvgIpc) is 0.713. The van der Waals surface area contributed by atoms with Crippen LogP contribution in [0, 0.1) is 11.8 Å². The van der Waals surface area contributed by atoms with Crippen molar-refractivity contribution in [3.63, 3.8) is 0 Å². The van der Waals surface area contributed by atoms with Gasteiger partial charge in [-0.15, -0.1) is 26.3 Å². The normalized spacial score (nSPS) is 14.3. The van der Waals surface area contributed by atoms with Crippen molar-refractivity contribution in [2.45, 2.75) is 174 Å². The van der Waals surface area contributed by atoms with Crippen LogP contribution in [0.3, 0.4) is 0 Å². The molecule has 0 aromatic heterocycles. The molecule has 56 heteroatoms. The number of methoxy groups -OCH3 is 1. The molecule has 108 heavy (non-hydrogen) atoms. The highest BCUT2D eigenvalue weighted by Crippen LogP contribution is 2.60. The minimum atomic E-state index is -8.59. The third kappa shape index (κ3) is 32.8. The molecule has 0 aliphatic carbocycles. The molecule has 0 aromatic rings. The molecule has 2 unspecified atom stereocenters. The highest BCUT2D eigenvalue weighted by molar-refractivity contribution is 6.60. The van der Waals surface area contributed by atoms with Gasteiger partial charge in [-0.25, -0.2) is 9.47 Å². The maximum atomic E-state index is 14.4. The minimum Gasteiger partial charge on any atom is -0.379 e. The lowest BCUT2D eigenvalue weighted by atomic mass is 9.94. The summed E-state index contributed by atoms with van der Waals surface area (Å²) in [5.74, 6) is -57.5. The molecule has 0 fully saturated rings. The molecule has 0 spiro atoms. The topological polar surface area (TPSA) is 229 Å². The van der Waals surface area contributed by atoms with E-state index in [0.717, 1.165) is 4.74 Å². The lowest BCUT2D eigenvalue weighted by Crippen LogP contribution is -2.70. The number of hydrogen-bond donors (Lipinski definition) is 2. The number of alkyl halides is 32. The van der Waals surface area contributed by atoms with Crippen molar-refractivity contribution in [2.24, 2.45) is 11.8 Å². The van der Waals surface area contributed by atoms with Gasteiger partial charge in [0.15, 0.2) is 0 Å². The number of ether oxygens (including phenoxy) is 4. The fourth-order valence-electron chi connectivity index (χ4n) is 6.88. The predicted octanol–water partition coefficient (Wildman–Crippen LogP) is 14.2. The Morgan fingerprint density at radius 1 is 0.444 bits per heavy atom. The molecule has 0 saturated heterocycles. The van der Waals surface area contributed by atoms with Gasteiger partial charge in [0.25, 0.3) is 11.8 Å². The number of nitrogens with one attached hydrogen (secondary N) is 2. The van der Waals surface area contributed by atoms with E-state index in [2.05, 4.69) is 27.9 Å². The second kappa shape index (κ2) is 45.2. The van der Waals surface area contributed by atoms with Crippen LogP contribution >= 0.6 is 0 Å². The van der Waals surface area contributed by atoms with Crippen LogP contribution in [0.15, 0.2) is 25.3 Å². The molecule has 644 valence electrons. The summed E-state index contributed by atoms with van der Waals surface area (Å²) < 4.78 is 471. The van der Waals surface area contributed by atoms with Crippen LogP contribution < -0.4 is 10.6 Å². The van der Waals surface area contributed by atoms with Crippen LogP contribution in [0.4, 0.5) is 145 Å². The molecule has 0 bridgehead atoms. The third-order valence-electron chi connectivity index (χ3n) is 13.3. The standard InChI is InChI=1S/C19H39F2NO8Si2.C13H19F2NO2.C10H3F19O3.C7H4F10O2.C3H10O3Si/c1-16(15-17(23)11-8-9-13-31(25-2,26-3)27-4)19(20,21)18(24)22-12-10-14-32(28-5,29-6)30-7;1-4-6-7-11(17)9-10(3)13(14,15)12(18)16-8-5-2;1-30-9(26,27)10(28,29)32-7(22,23)4(15,16)2(11,12)3(13,14)6(20,21)31-8(24,25)5(17,18)19;8-3(18)5(11,12)6(13,14)4(9,10)1-2-19-7(15,16)17;1-4-7(5-2)6-3/h16H,8-15H2,1-7H3,(H,22,24);4-5,10H,1-2,6-9H2,3H3,(H,16,18);1H3;1-2H2;7H,1-3H3. The average molecular weight is 1730 g/mol. The first-order valence-corrected chi connectivity index (χ1v) is 34.2. The van der Waals surface area contributed by atoms with Gasteiger partial charge in [-0.05, 0) is 25.7 Å². The lowest BCUT2D eigenvalue weighted by Gasteiger charge is -2.40. The number of carbonyl (C=O) groups is 5. The van der Waals surface area contributed by atoms with E-state index in [1.54, 1.807) is 27.4 Å². The summed E-state index contributed by atoms with van der Waals surface area (Å²) in [5.41, 5.74) is 0. The molecule has 0 radical (unpaired) electrons. The zero-order valence-corrected chi connectivity index (χ0v) is 61.2. The Balaban J connectivity index is -0.000000435. The first-order valence-electron chi connectivity index (χ1n) is 28.9. The summed E-state index contributed by atoms with van der Waals surface area (Å²) in [4.78, 5) is 56.3. The number of allylic oxidation sites excluding steroid dienone is 1. The Bertz CT molecular complexity index is 2680. The fraction of sp³-hybridized carbons (Fsp3) is 0.827. The van der Waals surface area contributed by atoms with E-state index in [9.17, 15) is 169 Å². The van der Waals surface area contributed by atoms with Crippen LogP contribution in [0.1, 0.15) is 71.6 Å². The zero-order chi connectivity index (χ0) is 87.0. The van der Waals surface area contributed by atoms with E-state index in [1.807, 2.05) is 5.32 Å². The summed E-state index contributed by atoms with van der Waals surface area (Å²) in [7, 11) is 5.96. The maximum Gasteiger partial charge on any atom is 0.522 e. The first kappa shape index (κ1) is 112. The van der Waals surface area contributed by atoms with Crippen LogP contribution in [-0.2, 0) is 82.8 Å². The predicted molar refractivity (Wildman–Crippen MR) is 305 cm³/mol. The van der Waals surface area contributed by atoms with Crippen LogP contribution in [-0.4, -0.2) is 238 Å². The molecule has 0 aliphatic heterocycles. The number of carbonyl (C=O) groups excluding carboxylic acids is 5. The largest absolute Gasteiger partial charge is 0.522 e. The second-order valence-electron chi connectivity index (χ2n) is 20.9. The van der Waals surface area contributed by atoms with Crippen molar-refractivity contribution in [1.29, 1.82) is 0 Å². The van der Waals surface area contributed by atoms with Crippen molar-refractivity contribution < 1.29 is 228 Å². The van der Waals surface area contributed by atoms with E-state index < -0.39 is 167 Å². The summed E-state index contributed by atoms with van der Waals surface area (Å²) in [6.45, 7) is 7.08. The number of amides is 2. The molecule has 0 heterocycles. The van der Waals surface area contributed by atoms with Crippen LogP contribution in [0.5, 0.6) is 0 Å². The Labute approximate surface area is 596 Å². The molecule has 2 atom stereocenters. The number of unbranched alkanes of at least 4 members (excludes halogenated alkanes) is 1. The Hall–Kier alpha value is -4.75. The van der Waals surface area contributed by atoms with E-state index in [1.165, 1.54) is 67.3 Å². The number of rotatable bonds is 47. The van der Waals surface area contributed by atoms with Gasteiger partial charge in [-0.2, -0.15) is 132 Å². The second-order valence-corrected chi connectivity index (χ2v) is 29.1. The molecule has 0 rings (SSSR count). The highest BCUT2D eigenvalue weighted by Gasteiger charge is 2.90. The van der Waals surface area contributed by atoms with Crippen molar-refractivity contribution >= 4 is 56.6 Å². The van der Waals surface area contributed by atoms with Crippen LogP contribution in [0.2, 0.25) is 12.1 Å². The van der Waals surface area contributed by atoms with Gasteiger partial charge >= 0.3 is 124 Å². The maximum absolute atomic E-state index is 14.4. The van der Waals surface area contributed by atoms with Gasteiger partial charge < -0.3 is 55.2 Å². The molecular formula is C52H75F33N2O18Si3. The Morgan fingerprint density at radius 2 is 0.806 bits per heavy atom. The van der Waals surface area contributed by atoms with E-state index in [0.29, 0.717) is 37.8 Å². The van der Waals surface area contributed by atoms with E-state index >= 15 is 0 Å². The third-order valence-corrected chi connectivity index (χ3v) is 20.1. The van der Waals surface area contributed by atoms with Gasteiger partial charge in [0.05, 0.1) is 6.61 Å². The molecule has 2 amide bonds. The monoisotopic (exact) mass is 1730 g/mol. The Morgan fingerprint density at radius 3 is 1.12 bits per heavy atom. The zero-order valence-electron chi connectivity index (χ0n) is 58.0. The molecule has 0 aliphatic rings. The van der Waals surface area contributed by atoms with Crippen LogP contribution in [0.25, 0.3) is 0 Å². The Kier molecular flexibility index (Phi) is 46.8. The SMILES string of the molecule is C=CCCC(=O)CC(C)C(F)(F)C(=O)NCC=C.COC(F)(F)C(F)(F)OC(F)(F)C(F)(F)C(F)(F)C(F)(F)C(F)(F)OC(F)(F)C(F)(F)F.CO[SiH](OC)OC.CO[Si](CCCCC(=O)CC(C)C(F)(F)C(=O)NCCC[Si](OC)(OC)OC)(OC)OC.O=C(F)C(F)(F)C(F)(F)C(F)(F)CCOC(F)(F)F. The number of halogens is 33. The van der Waals surface area contributed by atoms with Gasteiger partial charge in [0.1, 0.15) is 11.6 Å². The van der Waals surface area contributed by atoms with Crippen molar-refractivity contribution in [2.75, 3.05) is 90.8 Å². The number of hydrogen-bond acceptors (Lipinski definition) is 18. The molecule has 0 aromatic carbocycles. The van der Waals surface area contributed by atoms with Crippen molar-refractivity contribution in [3.8, 4) is 0 Å². The lowest BCUT2D eigenvalue weighted by molar-refractivity contribution is -0.540. The molecule has 2 N–H and O–H groups in total. The smallest absolute Gasteiger partial charge is 0.379 e. The fourth-order valence-corrected chi connectivity index (χ4v) is 11.0. The molecular weight excluding hydrogens is 1650 g/mol. The first-order chi connectivity index (χ1) is 48.3. The molecule has 20 nitrogen and oxygen atoms in total. The molecule has 0 saturated carbocycles. The van der Waals surface area contributed by atoms with E-state index in [4.69, 9.17) is 39.8 Å². The quantitative estimate of drug-likeness (QED) is 0.0190. The van der Waals surface area contributed by atoms with Gasteiger partial charge in [-0.1, -0.05) is 26.0 Å². The van der Waals surface area contributed by atoms with Gasteiger partial charge in [0, 0.05) is 140 Å². The summed E-state index contributed by atoms with van der Waals surface area (Å²) >= 11 is 0. The number of ketones is 2. The number of Topliss-reactive ketones (excluding diaryl/α,β-unsaturated/α-hetero) is 2. The summed E-state index contributed by atoms with van der Waals surface area (Å²) in [6.07, 6.45) is -47.9. The van der Waals surface area contributed by atoms with E-state index in [-0.39, 0.29) is 50.3 Å². The van der Waals surface area contributed by atoms with Gasteiger partial charge in [0.2, 0.25) is 0 Å². The van der Waals surface area contributed by atoms with Gasteiger partial charge in [-0.3, -0.25) is 28.7 Å². The summed E-state index contributed by atoms with van der Waals surface area (Å²) in [5, 5.41) is 4.26. The summed E-state index contributed by atoms with van der Waals surface area (Å²) in [6, 6.07) is -3.14. The minimum absolute atomic E-state index is 0.0179. The van der Waals surface area contributed by atoms with Crippen molar-refractivity contribution in [3.05, 3.63) is 25.3 Å². The highest BCUT2D eigenvalue weighted by atomic mass is 28.4.